The number of hydrogen-bond donors (Lipinski definition) is 0. The van der Waals surface area contributed by atoms with Gasteiger partial charge in [0.1, 0.15) is 6.61 Å². The molecule has 70 valence electrons. The van der Waals surface area contributed by atoms with E-state index >= 15 is 0 Å². The first-order chi connectivity index (χ1) is 5.54. The predicted octanol–water partition coefficient (Wildman–Crippen LogP) is 2.63. The maximum absolute atomic E-state index is 5.48. The average Bonchev–Trinajstić information content (AvgIpc) is 2.35. The molecule has 2 heteroatoms. The zero-order valence-corrected chi connectivity index (χ0v) is 8.55. The summed E-state index contributed by atoms with van der Waals surface area (Å²) < 4.78 is 5.48. The lowest BCUT2D eigenvalue weighted by Gasteiger charge is -2.21. The Bertz CT molecular complexity index is 179. The molecule has 1 atom stereocenters. The van der Waals surface area contributed by atoms with Crippen LogP contribution in [0.15, 0.2) is 4.99 Å². The van der Waals surface area contributed by atoms with Crippen LogP contribution in [0, 0.1) is 5.41 Å². The Hall–Kier alpha value is -0.530. The number of hydrogen-bond acceptors (Lipinski definition) is 2. The molecule has 1 heterocycles. The quantitative estimate of drug-likeness (QED) is 0.622. The SMILES string of the molecule is CCCC1=NC(C(C)(C)C)CO1. The number of aliphatic imine (C=N–C) groups is 1. The van der Waals surface area contributed by atoms with Gasteiger partial charge in [-0.3, -0.25) is 0 Å². The zero-order valence-electron chi connectivity index (χ0n) is 8.55. The molecule has 0 aliphatic carbocycles. The summed E-state index contributed by atoms with van der Waals surface area (Å²) in [5, 5.41) is 0. The molecule has 0 aromatic rings. The van der Waals surface area contributed by atoms with Crippen LogP contribution in [-0.2, 0) is 4.74 Å². The van der Waals surface area contributed by atoms with Gasteiger partial charge in [-0.2, -0.15) is 0 Å². The molecule has 0 N–H and O–H groups in total. The molecular formula is C10H19NO. The Balaban J connectivity index is 2.53. The van der Waals surface area contributed by atoms with Crippen molar-refractivity contribution in [2.75, 3.05) is 6.61 Å². The molecule has 1 aliphatic rings. The number of nitrogens with zero attached hydrogens (tertiary/aromatic N) is 1. The van der Waals surface area contributed by atoms with E-state index in [0.29, 0.717) is 6.04 Å². The predicted molar refractivity (Wildman–Crippen MR) is 51.5 cm³/mol. The Morgan fingerprint density at radius 1 is 1.50 bits per heavy atom. The molecule has 0 aromatic heterocycles. The van der Waals surface area contributed by atoms with Gasteiger partial charge in [-0.1, -0.05) is 27.7 Å². The van der Waals surface area contributed by atoms with Crippen LogP contribution in [0.5, 0.6) is 0 Å². The van der Waals surface area contributed by atoms with Gasteiger partial charge in [0.25, 0.3) is 0 Å². The first-order valence-electron chi connectivity index (χ1n) is 4.73. The van der Waals surface area contributed by atoms with E-state index in [1.807, 2.05) is 0 Å². The third kappa shape index (κ3) is 2.23. The van der Waals surface area contributed by atoms with Gasteiger partial charge in [0.15, 0.2) is 5.90 Å². The van der Waals surface area contributed by atoms with Crippen LogP contribution >= 0.6 is 0 Å². The summed E-state index contributed by atoms with van der Waals surface area (Å²) >= 11 is 0. The van der Waals surface area contributed by atoms with E-state index in [1.165, 1.54) is 0 Å². The second-order valence-electron chi connectivity index (χ2n) is 4.47. The van der Waals surface area contributed by atoms with E-state index in [4.69, 9.17) is 4.74 Å². The molecule has 0 saturated carbocycles. The third-order valence-electron chi connectivity index (χ3n) is 2.17. The maximum Gasteiger partial charge on any atom is 0.183 e. The standard InChI is InChI=1S/C10H19NO/c1-5-6-9-11-8(7-12-9)10(2,3)4/h8H,5-7H2,1-4H3. The van der Waals surface area contributed by atoms with Crippen molar-refractivity contribution in [2.24, 2.45) is 10.4 Å². The first-order valence-corrected chi connectivity index (χ1v) is 4.73. The second kappa shape index (κ2) is 3.46. The molecule has 0 amide bonds. The lowest BCUT2D eigenvalue weighted by Crippen LogP contribution is -2.25. The van der Waals surface area contributed by atoms with Gasteiger partial charge in [-0.15, -0.1) is 0 Å². The van der Waals surface area contributed by atoms with Crippen molar-refractivity contribution < 1.29 is 4.74 Å². The lowest BCUT2D eigenvalue weighted by molar-refractivity contribution is 0.233. The minimum Gasteiger partial charge on any atom is -0.479 e. The van der Waals surface area contributed by atoms with Gasteiger partial charge in [-0.05, 0) is 11.8 Å². The second-order valence-corrected chi connectivity index (χ2v) is 4.47. The highest BCUT2D eigenvalue weighted by atomic mass is 16.5. The van der Waals surface area contributed by atoms with E-state index in [1.54, 1.807) is 0 Å². The molecule has 1 rings (SSSR count). The van der Waals surface area contributed by atoms with Crippen LogP contribution in [0.25, 0.3) is 0 Å². The van der Waals surface area contributed by atoms with Crippen molar-refractivity contribution in [1.82, 2.24) is 0 Å². The van der Waals surface area contributed by atoms with Crippen LogP contribution in [0.1, 0.15) is 40.5 Å². The van der Waals surface area contributed by atoms with Gasteiger partial charge >= 0.3 is 0 Å². The van der Waals surface area contributed by atoms with Crippen molar-refractivity contribution >= 4 is 5.90 Å². The third-order valence-corrected chi connectivity index (χ3v) is 2.17. The van der Waals surface area contributed by atoms with Gasteiger partial charge in [0.2, 0.25) is 0 Å². The smallest absolute Gasteiger partial charge is 0.183 e. The largest absolute Gasteiger partial charge is 0.479 e. The molecular weight excluding hydrogens is 150 g/mol. The number of ether oxygens (including phenoxy) is 1. The summed E-state index contributed by atoms with van der Waals surface area (Å²) in [4.78, 5) is 4.54. The number of rotatable bonds is 2. The monoisotopic (exact) mass is 169 g/mol. The lowest BCUT2D eigenvalue weighted by atomic mass is 9.88. The molecule has 1 aliphatic heterocycles. The van der Waals surface area contributed by atoms with E-state index < -0.39 is 0 Å². The summed E-state index contributed by atoms with van der Waals surface area (Å²) in [6.45, 7) is 9.55. The Kier molecular flexibility index (Phi) is 2.76. The Morgan fingerprint density at radius 2 is 2.17 bits per heavy atom. The molecule has 12 heavy (non-hydrogen) atoms. The minimum absolute atomic E-state index is 0.246. The molecule has 2 nitrogen and oxygen atoms in total. The Morgan fingerprint density at radius 3 is 2.58 bits per heavy atom. The fraction of sp³-hybridized carbons (Fsp3) is 0.900. The van der Waals surface area contributed by atoms with Gasteiger partial charge < -0.3 is 4.74 Å². The molecule has 0 fully saturated rings. The van der Waals surface area contributed by atoms with Crippen molar-refractivity contribution in [3.63, 3.8) is 0 Å². The molecule has 0 radical (unpaired) electrons. The first kappa shape index (κ1) is 9.56. The van der Waals surface area contributed by atoms with Gasteiger partial charge in [-0.25, -0.2) is 4.99 Å². The summed E-state index contributed by atoms with van der Waals surface area (Å²) in [5.74, 6) is 0.956. The van der Waals surface area contributed by atoms with Crippen LogP contribution in [0.3, 0.4) is 0 Å². The van der Waals surface area contributed by atoms with Crippen LogP contribution in [0.4, 0.5) is 0 Å². The van der Waals surface area contributed by atoms with E-state index in [2.05, 4.69) is 32.7 Å². The highest BCUT2D eigenvalue weighted by molar-refractivity contribution is 5.77. The Labute approximate surface area is 75.0 Å². The van der Waals surface area contributed by atoms with Crippen molar-refractivity contribution in [1.29, 1.82) is 0 Å². The van der Waals surface area contributed by atoms with Crippen molar-refractivity contribution in [3.05, 3.63) is 0 Å². The summed E-state index contributed by atoms with van der Waals surface area (Å²) in [6, 6.07) is 0.360. The van der Waals surface area contributed by atoms with E-state index in [-0.39, 0.29) is 5.41 Å². The van der Waals surface area contributed by atoms with Crippen molar-refractivity contribution in [2.45, 2.75) is 46.6 Å². The fourth-order valence-electron chi connectivity index (χ4n) is 1.22. The van der Waals surface area contributed by atoms with Crippen LogP contribution < -0.4 is 0 Å². The zero-order chi connectivity index (χ0) is 9.19. The molecule has 1 unspecified atom stereocenters. The summed E-state index contributed by atoms with van der Waals surface area (Å²) in [6.07, 6.45) is 2.11. The summed E-state index contributed by atoms with van der Waals surface area (Å²) in [5.41, 5.74) is 0.246. The van der Waals surface area contributed by atoms with Gasteiger partial charge in [0.05, 0.1) is 6.04 Å². The molecule has 0 spiro atoms. The molecule has 0 bridgehead atoms. The van der Waals surface area contributed by atoms with Crippen LogP contribution in [0.2, 0.25) is 0 Å². The minimum atomic E-state index is 0.246. The highest BCUT2D eigenvalue weighted by Gasteiger charge is 2.29. The average molecular weight is 169 g/mol. The molecule has 0 aromatic carbocycles. The topological polar surface area (TPSA) is 21.6 Å². The van der Waals surface area contributed by atoms with Crippen LogP contribution in [-0.4, -0.2) is 18.5 Å². The highest BCUT2D eigenvalue weighted by Crippen LogP contribution is 2.26. The summed E-state index contributed by atoms with van der Waals surface area (Å²) in [7, 11) is 0. The van der Waals surface area contributed by atoms with E-state index in [0.717, 1.165) is 25.3 Å². The van der Waals surface area contributed by atoms with Crippen molar-refractivity contribution in [3.8, 4) is 0 Å². The maximum atomic E-state index is 5.48. The van der Waals surface area contributed by atoms with E-state index in [9.17, 15) is 0 Å². The fourth-order valence-corrected chi connectivity index (χ4v) is 1.22. The molecule has 0 saturated heterocycles. The normalized spacial score (nSPS) is 23.7. The van der Waals surface area contributed by atoms with Gasteiger partial charge in [0, 0.05) is 6.42 Å².